The van der Waals surface area contributed by atoms with Crippen molar-refractivity contribution >= 4 is 5.96 Å². The predicted octanol–water partition coefficient (Wildman–Crippen LogP) is 1.64. The van der Waals surface area contributed by atoms with Gasteiger partial charge in [-0.2, -0.15) is 0 Å². The molecule has 0 aliphatic carbocycles. The second-order valence-corrected chi connectivity index (χ2v) is 4.36. The molecule has 88 valence electrons. The highest BCUT2D eigenvalue weighted by Gasteiger charge is 2.20. The Morgan fingerprint density at radius 1 is 1.50 bits per heavy atom. The number of hydrogen-bond acceptors (Lipinski definition) is 1. The maximum atomic E-state index is 13.1. The lowest BCUT2D eigenvalue weighted by Crippen LogP contribution is -2.40. The monoisotopic (exact) mass is 223 g/mol. The van der Waals surface area contributed by atoms with E-state index in [0.29, 0.717) is 12.5 Å². The normalized spacial score (nSPS) is 12.6. The molecule has 0 bridgehead atoms. The molecule has 3 N–H and O–H groups in total. The summed E-state index contributed by atoms with van der Waals surface area (Å²) in [6, 6.07) is 6.60. The molecule has 1 aromatic carbocycles. The fraction of sp³-hybridized carbons (Fsp3) is 0.417. The second kappa shape index (κ2) is 4.96. The van der Waals surface area contributed by atoms with Crippen LogP contribution in [0.2, 0.25) is 0 Å². The first-order chi connectivity index (χ1) is 7.45. The smallest absolute Gasteiger partial charge is 0.188 e. The van der Waals surface area contributed by atoms with Gasteiger partial charge in [0, 0.05) is 19.0 Å². The number of nitrogens with two attached hydrogens (primary N) is 1. The predicted molar refractivity (Wildman–Crippen MR) is 65.0 cm³/mol. The van der Waals surface area contributed by atoms with E-state index in [0.717, 1.165) is 5.56 Å². The van der Waals surface area contributed by atoms with Crippen molar-refractivity contribution < 1.29 is 4.39 Å². The van der Waals surface area contributed by atoms with E-state index in [-0.39, 0.29) is 11.2 Å². The summed E-state index contributed by atoms with van der Waals surface area (Å²) >= 11 is 0. The number of nitrogens with one attached hydrogen (secondary N) is 1. The molecule has 0 unspecified atom stereocenters. The lowest BCUT2D eigenvalue weighted by Gasteiger charge is -2.25. The Hall–Kier alpha value is -1.58. The summed E-state index contributed by atoms with van der Waals surface area (Å²) < 4.78 is 13.1. The third kappa shape index (κ3) is 3.22. The van der Waals surface area contributed by atoms with E-state index >= 15 is 0 Å². The molecule has 0 saturated heterocycles. The van der Waals surface area contributed by atoms with Crippen molar-refractivity contribution in [3.63, 3.8) is 0 Å². The van der Waals surface area contributed by atoms with Crippen LogP contribution in [0.15, 0.2) is 29.3 Å². The molecule has 0 atom stereocenters. The molecule has 4 heteroatoms. The minimum atomic E-state index is -0.220. The molecule has 1 rings (SSSR count). The van der Waals surface area contributed by atoms with E-state index in [4.69, 9.17) is 5.73 Å². The molecule has 0 aliphatic heterocycles. The third-order valence-electron chi connectivity index (χ3n) is 2.56. The number of halogens is 1. The van der Waals surface area contributed by atoms with Crippen LogP contribution in [0.3, 0.4) is 0 Å². The maximum absolute atomic E-state index is 13.1. The van der Waals surface area contributed by atoms with Crippen molar-refractivity contribution in [2.45, 2.75) is 19.3 Å². The van der Waals surface area contributed by atoms with Crippen LogP contribution in [0.4, 0.5) is 4.39 Å². The molecule has 0 heterocycles. The van der Waals surface area contributed by atoms with Crippen LogP contribution in [0.1, 0.15) is 19.4 Å². The number of guanidine groups is 1. The highest BCUT2D eigenvalue weighted by Crippen LogP contribution is 2.22. The molecular formula is C12H18FN3. The lowest BCUT2D eigenvalue weighted by molar-refractivity contribution is 0.506. The maximum Gasteiger partial charge on any atom is 0.188 e. The SMILES string of the molecule is CN=C(N)NCC(C)(C)c1cccc(F)c1. The van der Waals surface area contributed by atoms with Crippen LogP contribution in [-0.2, 0) is 5.41 Å². The van der Waals surface area contributed by atoms with Crippen molar-refractivity contribution in [2.75, 3.05) is 13.6 Å². The average molecular weight is 223 g/mol. The number of aliphatic imine (C=N–C) groups is 1. The summed E-state index contributed by atoms with van der Waals surface area (Å²) in [4.78, 5) is 3.81. The molecule has 0 spiro atoms. The van der Waals surface area contributed by atoms with Gasteiger partial charge in [0.25, 0.3) is 0 Å². The number of hydrogen-bond donors (Lipinski definition) is 2. The number of benzene rings is 1. The summed E-state index contributed by atoms with van der Waals surface area (Å²) in [7, 11) is 1.62. The first kappa shape index (κ1) is 12.5. The van der Waals surface area contributed by atoms with E-state index in [1.807, 2.05) is 19.9 Å². The van der Waals surface area contributed by atoms with Gasteiger partial charge in [-0.15, -0.1) is 0 Å². The van der Waals surface area contributed by atoms with Crippen molar-refractivity contribution in [3.05, 3.63) is 35.6 Å². The standard InChI is InChI=1S/C12H18FN3/c1-12(2,8-16-11(14)15-3)9-5-4-6-10(13)7-9/h4-7H,8H2,1-3H3,(H3,14,15,16). The highest BCUT2D eigenvalue weighted by molar-refractivity contribution is 5.77. The fourth-order valence-corrected chi connectivity index (χ4v) is 1.40. The fourth-order valence-electron chi connectivity index (χ4n) is 1.40. The minimum absolute atomic E-state index is 0.197. The molecule has 3 nitrogen and oxygen atoms in total. The summed E-state index contributed by atoms with van der Waals surface area (Å²) in [5, 5.41) is 3.00. The van der Waals surface area contributed by atoms with Crippen LogP contribution < -0.4 is 11.1 Å². The van der Waals surface area contributed by atoms with Gasteiger partial charge in [-0.05, 0) is 17.7 Å². The molecule has 0 amide bonds. The zero-order chi connectivity index (χ0) is 12.2. The zero-order valence-corrected chi connectivity index (χ0v) is 9.92. The van der Waals surface area contributed by atoms with Crippen molar-refractivity contribution in [2.24, 2.45) is 10.7 Å². The van der Waals surface area contributed by atoms with Gasteiger partial charge in [-0.1, -0.05) is 26.0 Å². The summed E-state index contributed by atoms with van der Waals surface area (Å²) in [5.74, 6) is 0.173. The van der Waals surface area contributed by atoms with Crippen LogP contribution in [-0.4, -0.2) is 19.6 Å². The molecule has 1 aromatic rings. The largest absolute Gasteiger partial charge is 0.370 e. The van der Waals surface area contributed by atoms with Gasteiger partial charge < -0.3 is 11.1 Å². The molecular weight excluding hydrogens is 205 g/mol. The van der Waals surface area contributed by atoms with E-state index in [9.17, 15) is 4.39 Å². The van der Waals surface area contributed by atoms with E-state index in [2.05, 4.69) is 10.3 Å². The Morgan fingerprint density at radius 3 is 2.75 bits per heavy atom. The minimum Gasteiger partial charge on any atom is -0.370 e. The summed E-state index contributed by atoms with van der Waals surface area (Å²) in [6.45, 7) is 4.66. The van der Waals surface area contributed by atoms with E-state index in [1.54, 1.807) is 19.2 Å². The van der Waals surface area contributed by atoms with Gasteiger partial charge in [-0.3, -0.25) is 4.99 Å². The summed E-state index contributed by atoms with van der Waals surface area (Å²) in [6.07, 6.45) is 0. The van der Waals surface area contributed by atoms with Crippen LogP contribution in [0.25, 0.3) is 0 Å². The van der Waals surface area contributed by atoms with Gasteiger partial charge in [0.1, 0.15) is 5.82 Å². The molecule has 16 heavy (non-hydrogen) atoms. The highest BCUT2D eigenvalue weighted by atomic mass is 19.1. The quantitative estimate of drug-likeness (QED) is 0.604. The topological polar surface area (TPSA) is 50.4 Å². The average Bonchev–Trinajstić information content (AvgIpc) is 2.26. The van der Waals surface area contributed by atoms with Crippen LogP contribution in [0, 0.1) is 5.82 Å². The molecule has 0 aliphatic rings. The first-order valence-electron chi connectivity index (χ1n) is 5.18. The van der Waals surface area contributed by atoms with Gasteiger partial charge in [0.2, 0.25) is 0 Å². The van der Waals surface area contributed by atoms with Gasteiger partial charge >= 0.3 is 0 Å². The molecule has 0 aromatic heterocycles. The Balaban J connectivity index is 2.77. The Bertz CT molecular complexity index is 386. The second-order valence-electron chi connectivity index (χ2n) is 4.36. The molecule has 0 fully saturated rings. The van der Waals surface area contributed by atoms with Crippen LogP contribution >= 0.6 is 0 Å². The van der Waals surface area contributed by atoms with E-state index < -0.39 is 0 Å². The third-order valence-corrected chi connectivity index (χ3v) is 2.56. The number of rotatable bonds is 3. The molecule has 0 saturated carbocycles. The Labute approximate surface area is 95.6 Å². The molecule has 0 radical (unpaired) electrons. The van der Waals surface area contributed by atoms with Crippen molar-refractivity contribution in [1.82, 2.24) is 5.32 Å². The van der Waals surface area contributed by atoms with Gasteiger partial charge in [0.05, 0.1) is 0 Å². The Kier molecular flexibility index (Phi) is 3.88. The van der Waals surface area contributed by atoms with Crippen molar-refractivity contribution in [1.29, 1.82) is 0 Å². The zero-order valence-electron chi connectivity index (χ0n) is 9.92. The van der Waals surface area contributed by atoms with Gasteiger partial charge in [-0.25, -0.2) is 4.39 Å². The first-order valence-corrected chi connectivity index (χ1v) is 5.18. The lowest BCUT2D eigenvalue weighted by atomic mass is 9.84. The van der Waals surface area contributed by atoms with Gasteiger partial charge in [0.15, 0.2) is 5.96 Å². The van der Waals surface area contributed by atoms with Crippen molar-refractivity contribution in [3.8, 4) is 0 Å². The van der Waals surface area contributed by atoms with E-state index in [1.165, 1.54) is 6.07 Å². The Morgan fingerprint density at radius 2 is 2.19 bits per heavy atom. The number of nitrogens with zero attached hydrogens (tertiary/aromatic N) is 1. The van der Waals surface area contributed by atoms with Crippen LogP contribution in [0.5, 0.6) is 0 Å². The summed E-state index contributed by atoms with van der Waals surface area (Å²) in [5.41, 5.74) is 6.29.